The summed E-state index contributed by atoms with van der Waals surface area (Å²) < 4.78 is 1.94. The molecule has 0 radical (unpaired) electrons. The summed E-state index contributed by atoms with van der Waals surface area (Å²) >= 11 is 1.71. The minimum Gasteiger partial charge on any atom is -0.298 e. The number of nitrogens with zero attached hydrogens (tertiary/aromatic N) is 2. The average Bonchev–Trinajstić information content (AvgIpc) is 2.71. The number of carbonyl (C=O) groups excluding carboxylic acids is 1. The maximum atomic E-state index is 12.2. The first-order valence-electron chi connectivity index (χ1n) is 5.42. The van der Waals surface area contributed by atoms with Gasteiger partial charge in [0, 0.05) is 12.4 Å². The maximum Gasteiger partial charge on any atom is 0.150 e. The lowest BCUT2D eigenvalue weighted by Gasteiger charge is -2.63. The molecular weight excluding hydrogens is 220 g/mol. The second-order valence-corrected chi connectivity index (χ2v) is 6.38. The van der Waals surface area contributed by atoms with Crippen LogP contribution in [0.5, 0.6) is 0 Å². The van der Waals surface area contributed by atoms with E-state index >= 15 is 0 Å². The summed E-state index contributed by atoms with van der Waals surface area (Å²) in [4.78, 5) is 11.9. The lowest BCUT2D eigenvalue weighted by Crippen LogP contribution is -2.72. The van der Waals surface area contributed by atoms with Crippen LogP contribution in [0, 0.1) is 10.8 Å². The van der Waals surface area contributed by atoms with E-state index in [1.165, 1.54) is 0 Å². The number of thioether (sulfide) groups is 1. The molecule has 1 heterocycles. The van der Waals surface area contributed by atoms with E-state index in [2.05, 4.69) is 11.4 Å². The van der Waals surface area contributed by atoms with Crippen molar-refractivity contribution in [1.29, 1.82) is 0 Å². The number of carbonyl (C=O) groups is 1. The normalized spacial score (nSPS) is 25.2. The van der Waals surface area contributed by atoms with Crippen molar-refractivity contribution in [2.75, 3.05) is 6.26 Å². The van der Waals surface area contributed by atoms with Crippen LogP contribution in [0.2, 0.25) is 0 Å². The van der Waals surface area contributed by atoms with Crippen LogP contribution in [0.1, 0.15) is 27.7 Å². The number of ketones is 1. The smallest absolute Gasteiger partial charge is 0.150 e. The number of rotatable bonds is 2. The second-order valence-electron chi connectivity index (χ2n) is 5.38. The van der Waals surface area contributed by atoms with Crippen molar-refractivity contribution >= 4 is 17.5 Å². The molecule has 1 aromatic rings. The van der Waals surface area contributed by atoms with Gasteiger partial charge in [-0.3, -0.25) is 9.48 Å². The predicted octanol–water partition coefficient (Wildman–Crippen LogP) is 2.53. The van der Waals surface area contributed by atoms with Gasteiger partial charge in [-0.25, -0.2) is 0 Å². The van der Waals surface area contributed by atoms with Crippen LogP contribution in [0.25, 0.3) is 0 Å². The number of Topliss-reactive ketones (excluding diaryl/α,β-unsaturated/α-hetero) is 1. The largest absolute Gasteiger partial charge is 0.298 e. The standard InChI is InChI=1S/C12H18N2OS/c1-10(2)9(15)11(3,4)12(10,16-5)14-8-6-7-13-14/h6-8H,1-5H3. The summed E-state index contributed by atoms with van der Waals surface area (Å²) in [5.74, 6) is 0.310. The van der Waals surface area contributed by atoms with Crippen molar-refractivity contribution in [1.82, 2.24) is 9.78 Å². The van der Waals surface area contributed by atoms with Gasteiger partial charge in [0.05, 0.1) is 10.8 Å². The van der Waals surface area contributed by atoms with Crippen molar-refractivity contribution in [2.24, 2.45) is 10.8 Å². The third kappa shape index (κ3) is 0.967. The summed E-state index contributed by atoms with van der Waals surface area (Å²) in [6.45, 7) is 8.05. The van der Waals surface area contributed by atoms with Gasteiger partial charge in [-0.2, -0.15) is 5.10 Å². The van der Waals surface area contributed by atoms with E-state index in [0.29, 0.717) is 5.78 Å². The molecule has 1 aromatic heterocycles. The van der Waals surface area contributed by atoms with E-state index in [4.69, 9.17) is 0 Å². The van der Waals surface area contributed by atoms with Gasteiger partial charge in [-0.05, 0) is 40.0 Å². The Labute approximate surface area is 101 Å². The lowest BCUT2D eigenvalue weighted by atomic mass is 9.50. The Morgan fingerprint density at radius 1 is 1.25 bits per heavy atom. The van der Waals surface area contributed by atoms with Gasteiger partial charge in [-0.1, -0.05) is 0 Å². The molecule has 0 aromatic carbocycles. The zero-order valence-corrected chi connectivity index (χ0v) is 11.3. The summed E-state index contributed by atoms with van der Waals surface area (Å²) in [6, 6.07) is 1.91. The van der Waals surface area contributed by atoms with Crippen molar-refractivity contribution in [3.05, 3.63) is 18.5 Å². The fraction of sp³-hybridized carbons (Fsp3) is 0.667. The van der Waals surface area contributed by atoms with Gasteiger partial charge in [0.2, 0.25) is 0 Å². The summed E-state index contributed by atoms with van der Waals surface area (Å²) in [6.07, 6.45) is 5.77. The van der Waals surface area contributed by atoms with Crippen molar-refractivity contribution in [2.45, 2.75) is 32.6 Å². The summed E-state index contributed by atoms with van der Waals surface area (Å²) in [5, 5.41) is 4.35. The molecule has 0 unspecified atom stereocenters. The first-order valence-corrected chi connectivity index (χ1v) is 6.65. The fourth-order valence-electron chi connectivity index (χ4n) is 3.44. The Morgan fingerprint density at radius 2 is 1.81 bits per heavy atom. The molecule has 0 N–H and O–H groups in total. The van der Waals surface area contributed by atoms with Gasteiger partial charge in [0.15, 0.2) is 5.78 Å². The van der Waals surface area contributed by atoms with E-state index in [1.807, 2.05) is 44.6 Å². The molecule has 0 saturated heterocycles. The highest BCUT2D eigenvalue weighted by Gasteiger charge is 2.73. The zero-order valence-electron chi connectivity index (χ0n) is 10.4. The quantitative estimate of drug-likeness (QED) is 0.794. The third-order valence-corrected chi connectivity index (χ3v) is 5.75. The Kier molecular flexibility index (Phi) is 2.29. The molecule has 0 aliphatic heterocycles. The molecule has 1 aliphatic carbocycles. The number of aromatic nitrogens is 2. The lowest BCUT2D eigenvalue weighted by molar-refractivity contribution is -0.170. The van der Waals surface area contributed by atoms with E-state index in [-0.39, 0.29) is 15.7 Å². The van der Waals surface area contributed by atoms with Gasteiger partial charge in [0.25, 0.3) is 0 Å². The van der Waals surface area contributed by atoms with Crippen molar-refractivity contribution < 1.29 is 4.79 Å². The van der Waals surface area contributed by atoms with Crippen molar-refractivity contribution in [3.63, 3.8) is 0 Å². The molecule has 1 aliphatic rings. The maximum absolute atomic E-state index is 12.2. The second kappa shape index (κ2) is 3.13. The SMILES string of the molecule is CSC1(n2cccn2)C(C)(C)C(=O)C1(C)C. The highest BCUT2D eigenvalue weighted by atomic mass is 32.2. The van der Waals surface area contributed by atoms with Gasteiger partial charge < -0.3 is 0 Å². The fourth-order valence-corrected chi connectivity index (χ4v) is 4.94. The van der Waals surface area contributed by atoms with E-state index < -0.39 is 0 Å². The minimum atomic E-state index is -0.373. The Morgan fingerprint density at radius 3 is 2.19 bits per heavy atom. The molecule has 4 heteroatoms. The molecule has 1 saturated carbocycles. The molecular formula is C12H18N2OS. The monoisotopic (exact) mass is 238 g/mol. The van der Waals surface area contributed by atoms with E-state index in [9.17, 15) is 4.79 Å². The molecule has 0 bridgehead atoms. The van der Waals surface area contributed by atoms with Gasteiger partial charge in [-0.15, -0.1) is 11.8 Å². The van der Waals surface area contributed by atoms with Crippen molar-refractivity contribution in [3.8, 4) is 0 Å². The van der Waals surface area contributed by atoms with E-state index in [1.54, 1.807) is 18.0 Å². The van der Waals surface area contributed by atoms with Crippen LogP contribution < -0.4 is 0 Å². The number of hydrogen-bond acceptors (Lipinski definition) is 3. The molecule has 1 fully saturated rings. The summed E-state index contributed by atoms with van der Waals surface area (Å²) in [7, 11) is 0. The average molecular weight is 238 g/mol. The molecule has 16 heavy (non-hydrogen) atoms. The highest BCUT2D eigenvalue weighted by Crippen LogP contribution is 2.67. The Bertz CT molecular complexity index is 402. The molecule has 0 amide bonds. The van der Waals surface area contributed by atoms with Crippen LogP contribution in [-0.4, -0.2) is 21.8 Å². The first kappa shape index (κ1) is 11.7. The van der Waals surface area contributed by atoms with Gasteiger partial charge in [0.1, 0.15) is 4.87 Å². The van der Waals surface area contributed by atoms with E-state index in [0.717, 1.165) is 0 Å². The van der Waals surface area contributed by atoms with Gasteiger partial charge >= 0.3 is 0 Å². The van der Waals surface area contributed by atoms with Crippen LogP contribution in [-0.2, 0) is 9.67 Å². The highest BCUT2D eigenvalue weighted by molar-refractivity contribution is 7.99. The summed E-state index contributed by atoms with van der Waals surface area (Å²) in [5.41, 5.74) is -0.746. The molecule has 88 valence electrons. The minimum absolute atomic E-state index is 0.277. The van der Waals surface area contributed by atoms with Crippen LogP contribution in [0.4, 0.5) is 0 Å². The Hall–Kier alpha value is -0.770. The van der Waals surface area contributed by atoms with Crippen LogP contribution >= 0.6 is 11.8 Å². The predicted molar refractivity (Wildman–Crippen MR) is 66.3 cm³/mol. The van der Waals surface area contributed by atoms with Crippen LogP contribution in [0.15, 0.2) is 18.5 Å². The zero-order chi connectivity index (χ0) is 12.2. The first-order chi connectivity index (χ1) is 7.32. The topological polar surface area (TPSA) is 34.9 Å². The molecule has 3 nitrogen and oxygen atoms in total. The Balaban J connectivity index is 2.62. The molecule has 0 atom stereocenters. The number of hydrogen-bond donors (Lipinski definition) is 0. The molecule has 2 rings (SSSR count). The third-order valence-electron chi connectivity index (χ3n) is 3.95. The van der Waals surface area contributed by atoms with Crippen LogP contribution in [0.3, 0.4) is 0 Å². The molecule has 0 spiro atoms.